The van der Waals surface area contributed by atoms with Crippen molar-refractivity contribution in [2.24, 2.45) is 5.92 Å². The van der Waals surface area contributed by atoms with Crippen LogP contribution in [0.1, 0.15) is 23.6 Å². The average Bonchev–Trinajstić information content (AvgIpc) is 2.87. The van der Waals surface area contributed by atoms with E-state index in [9.17, 15) is 22.3 Å². The van der Waals surface area contributed by atoms with Crippen molar-refractivity contribution in [2.45, 2.75) is 35.7 Å². The number of thioether (sulfide) groups is 1. The van der Waals surface area contributed by atoms with Crippen LogP contribution in [0.4, 0.5) is 14.6 Å². The number of sulfonamides is 1. The fourth-order valence-electron chi connectivity index (χ4n) is 3.50. The minimum atomic E-state index is -3.98. The zero-order valence-corrected chi connectivity index (χ0v) is 21.1. The smallest absolute Gasteiger partial charge is 0.263 e. The van der Waals surface area contributed by atoms with Crippen LogP contribution in [0, 0.1) is 17.6 Å². The highest BCUT2D eigenvalue weighted by molar-refractivity contribution is 7.98. The third-order valence-electron chi connectivity index (χ3n) is 5.51. The molecule has 192 valence electrons. The summed E-state index contributed by atoms with van der Waals surface area (Å²) in [6.07, 6.45) is 0.828. The van der Waals surface area contributed by atoms with Crippen LogP contribution >= 0.6 is 11.8 Å². The first kappa shape index (κ1) is 26.3. The molecule has 36 heavy (non-hydrogen) atoms. The minimum absolute atomic E-state index is 0.0180. The summed E-state index contributed by atoms with van der Waals surface area (Å²) in [6, 6.07) is 10.2. The Kier molecular flexibility index (Phi) is 8.39. The Labute approximate surface area is 212 Å². The lowest BCUT2D eigenvalue weighted by atomic mass is 10.0. The molecule has 0 saturated heterocycles. The summed E-state index contributed by atoms with van der Waals surface area (Å²) in [5.41, 5.74) is 2.14. The molecule has 2 aromatic carbocycles. The average molecular weight is 537 g/mol. The van der Waals surface area contributed by atoms with Crippen molar-refractivity contribution in [1.29, 1.82) is 0 Å². The predicted molar refractivity (Wildman–Crippen MR) is 132 cm³/mol. The van der Waals surface area contributed by atoms with E-state index in [0.717, 1.165) is 41.9 Å². The Morgan fingerprint density at radius 2 is 2.03 bits per heavy atom. The van der Waals surface area contributed by atoms with Crippen LogP contribution in [0.2, 0.25) is 0 Å². The number of aromatic nitrogens is 2. The Bertz CT molecular complexity index is 1340. The molecule has 0 fully saturated rings. The van der Waals surface area contributed by atoms with Gasteiger partial charge in [0, 0.05) is 36.5 Å². The van der Waals surface area contributed by atoms with Crippen molar-refractivity contribution in [2.75, 3.05) is 24.5 Å². The quantitative estimate of drug-likeness (QED) is 0.267. The molecule has 1 aliphatic rings. The molecule has 3 aromatic rings. The normalized spacial score (nSPS) is 14.2. The largest absolute Gasteiger partial charge is 0.477 e. The molecule has 3 N–H and O–H groups in total. The number of benzene rings is 2. The molecule has 0 spiro atoms. The molecule has 0 saturated carbocycles. The maximum Gasteiger partial charge on any atom is 0.263 e. The van der Waals surface area contributed by atoms with E-state index in [2.05, 4.69) is 20.0 Å². The van der Waals surface area contributed by atoms with Crippen LogP contribution in [-0.2, 0) is 28.7 Å². The number of ether oxygens (including phenoxy) is 1. The lowest BCUT2D eigenvalue weighted by molar-refractivity contribution is 0.170. The van der Waals surface area contributed by atoms with E-state index in [-0.39, 0.29) is 52.2 Å². The van der Waals surface area contributed by atoms with Crippen molar-refractivity contribution < 1.29 is 27.0 Å². The molecule has 1 aliphatic heterocycles. The molecular weight excluding hydrogens is 510 g/mol. The van der Waals surface area contributed by atoms with Crippen LogP contribution in [0.25, 0.3) is 0 Å². The molecule has 8 nitrogen and oxygen atoms in total. The predicted octanol–water partition coefficient (Wildman–Crippen LogP) is 3.50. The van der Waals surface area contributed by atoms with Gasteiger partial charge >= 0.3 is 0 Å². The van der Waals surface area contributed by atoms with Gasteiger partial charge in [0.05, 0.1) is 11.5 Å². The molecule has 0 bridgehead atoms. The minimum Gasteiger partial charge on any atom is -0.477 e. The number of fused-ring (bicyclic) bond motifs is 1. The number of nitrogens with zero attached hydrogens (tertiary/aromatic N) is 2. The molecule has 0 unspecified atom stereocenters. The number of halogens is 2. The van der Waals surface area contributed by atoms with Crippen LogP contribution in [-0.4, -0.2) is 43.3 Å². The summed E-state index contributed by atoms with van der Waals surface area (Å²) in [6.45, 7) is 3.25. The number of aliphatic hydroxyl groups is 1. The fraction of sp³-hybridized carbons (Fsp3) is 0.333. The molecule has 1 atom stereocenters. The summed E-state index contributed by atoms with van der Waals surface area (Å²) in [5.74, 6) is -2.03. The van der Waals surface area contributed by atoms with Crippen molar-refractivity contribution in [3.8, 4) is 5.88 Å². The lowest BCUT2D eigenvalue weighted by Crippen LogP contribution is -2.24. The maximum absolute atomic E-state index is 14.1. The first-order valence-electron chi connectivity index (χ1n) is 11.3. The third kappa shape index (κ3) is 6.49. The van der Waals surface area contributed by atoms with Gasteiger partial charge in [0.15, 0.2) is 16.8 Å². The zero-order chi connectivity index (χ0) is 25.7. The summed E-state index contributed by atoms with van der Waals surface area (Å²) in [5, 5.41) is 12.6. The van der Waals surface area contributed by atoms with Crippen LogP contribution < -0.4 is 14.8 Å². The van der Waals surface area contributed by atoms with Crippen LogP contribution in [0.5, 0.6) is 5.88 Å². The van der Waals surface area contributed by atoms with Gasteiger partial charge < -0.3 is 15.2 Å². The highest BCUT2D eigenvalue weighted by Crippen LogP contribution is 2.27. The van der Waals surface area contributed by atoms with Gasteiger partial charge in [-0.2, -0.15) is 4.98 Å². The van der Waals surface area contributed by atoms with E-state index in [4.69, 9.17) is 4.74 Å². The number of rotatable bonds is 10. The summed E-state index contributed by atoms with van der Waals surface area (Å²) < 4.78 is 62.0. The van der Waals surface area contributed by atoms with Crippen LogP contribution in [0.15, 0.2) is 52.5 Å². The summed E-state index contributed by atoms with van der Waals surface area (Å²) >= 11 is 1.00. The Morgan fingerprint density at radius 1 is 1.19 bits per heavy atom. The Hall–Kier alpha value is -2.80. The van der Waals surface area contributed by atoms with Crippen molar-refractivity contribution in [1.82, 2.24) is 15.3 Å². The first-order chi connectivity index (χ1) is 17.2. The van der Waals surface area contributed by atoms with Gasteiger partial charge in [0.25, 0.3) is 10.0 Å². The second kappa shape index (κ2) is 11.5. The highest BCUT2D eigenvalue weighted by atomic mass is 32.2. The van der Waals surface area contributed by atoms with E-state index in [0.29, 0.717) is 6.54 Å². The van der Waals surface area contributed by atoms with Gasteiger partial charge in [-0.15, -0.1) is 0 Å². The molecule has 0 aliphatic carbocycles. The molecule has 0 amide bonds. The number of anilines is 1. The number of hydrogen-bond donors (Lipinski definition) is 3. The zero-order valence-electron chi connectivity index (χ0n) is 19.5. The van der Waals surface area contributed by atoms with Gasteiger partial charge in [-0.1, -0.05) is 36.9 Å². The van der Waals surface area contributed by atoms with Crippen LogP contribution in [0.3, 0.4) is 0 Å². The second-order valence-corrected chi connectivity index (χ2v) is 11.1. The van der Waals surface area contributed by atoms with Crippen molar-refractivity contribution in [3.63, 3.8) is 0 Å². The summed E-state index contributed by atoms with van der Waals surface area (Å²) in [7, 11) is -3.98. The number of nitrogens with one attached hydrogen (secondary N) is 2. The standard InChI is InChI=1S/C24H26F2N4O4S2/c1-15(12-31)13-34-22-10-21(28-24(29-22)35-14-17-3-2-4-20(25)23(17)26)30-36(32,33)19-6-5-16-7-8-27-11-18(16)9-19/h2-6,9-10,15,27,31H,7-8,11-14H2,1H3,(H,28,29,30)/t15-/m1/s1. The highest BCUT2D eigenvalue weighted by Gasteiger charge is 2.20. The van der Waals surface area contributed by atoms with E-state index in [1.807, 2.05) is 6.07 Å². The van der Waals surface area contributed by atoms with E-state index < -0.39 is 21.7 Å². The summed E-state index contributed by atoms with van der Waals surface area (Å²) in [4.78, 5) is 8.60. The maximum atomic E-state index is 14.1. The molecule has 12 heteroatoms. The first-order valence-corrected chi connectivity index (χ1v) is 13.8. The molecule has 2 heterocycles. The van der Waals surface area contributed by atoms with Gasteiger partial charge in [-0.25, -0.2) is 22.2 Å². The third-order valence-corrected chi connectivity index (χ3v) is 7.76. The van der Waals surface area contributed by atoms with E-state index in [1.165, 1.54) is 18.2 Å². The van der Waals surface area contributed by atoms with Gasteiger partial charge in [0.2, 0.25) is 5.88 Å². The molecule has 1 aromatic heterocycles. The molecular formula is C24H26F2N4O4S2. The Balaban J connectivity index is 1.59. The monoisotopic (exact) mass is 536 g/mol. The SMILES string of the molecule is C[C@H](CO)COc1cc(NS(=O)(=O)c2ccc3c(c2)CNCC3)nc(SCc2cccc(F)c2F)n1. The number of aliphatic hydroxyl groups excluding tert-OH is 1. The molecule has 0 radical (unpaired) electrons. The van der Waals surface area contributed by atoms with Gasteiger partial charge in [-0.05, 0) is 42.3 Å². The Morgan fingerprint density at radius 3 is 2.83 bits per heavy atom. The molecule has 4 rings (SSSR count). The van der Waals surface area contributed by atoms with Gasteiger partial charge in [0.1, 0.15) is 5.82 Å². The lowest BCUT2D eigenvalue weighted by Gasteiger charge is -2.18. The van der Waals surface area contributed by atoms with E-state index in [1.54, 1.807) is 19.1 Å². The van der Waals surface area contributed by atoms with Crippen molar-refractivity contribution in [3.05, 3.63) is 70.8 Å². The van der Waals surface area contributed by atoms with Gasteiger partial charge in [-0.3, -0.25) is 4.72 Å². The number of hydrogen-bond acceptors (Lipinski definition) is 8. The second-order valence-electron chi connectivity index (χ2n) is 8.44. The van der Waals surface area contributed by atoms with E-state index >= 15 is 0 Å². The topological polar surface area (TPSA) is 113 Å². The van der Waals surface area contributed by atoms with Crippen molar-refractivity contribution >= 4 is 27.6 Å². The fourth-order valence-corrected chi connectivity index (χ4v) is 5.37.